The molecule has 1 amide bonds. The predicted molar refractivity (Wildman–Crippen MR) is 163 cm³/mol. The summed E-state index contributed by atoms with van der Waals surface area (Å²) in [5, 5.41) is 16.2. The lowest BCUT2D eigenvalue weighted by Gasteiger charge is -2.26. The van der Waals surface area contributed by atoms with Gasteiger partial charge in [-0.05, 0) is 90.9 Å². The lowest BCUT2D eigenvalue weighted by atomic mass is 9.87. The molecule has 8 nitrogen and oxygen atoms in total. The number of benzene rings is 3. The molecule has 2 aromatic heterocycles. The molecule has 0 fully saturated rings. The Kier molecular flexibility index (Phi) is 7.95. The van der Waals surface area contributed by atoms with Crippen LogP contribution in [0, 0.1) is 6.92 Å². The molecule has 0 spiro atoms. The number of aromatic nitrogens is 3. The first-order chi connectivity index (χ1) is 20.4. The van der Waals surface area contributed by atoms with E-state index in [1.165, 1.54) is 22.5 Å². The van der Waals surface area contributed by atoms with Crippen molar-refractivity contribution < 1.29 is 19.1 Å². The van der Waals surface area contributed by atoms with Gasteiger partial charge in [-0.2, -0.15) is 11.3 Å². The smallest absolute Gasteiger partial charge is 0.352 e. The molecule has 2 atom stereocenters. The number of carbonyl (C=O) groups is 2. The highest BCUT2D eigenvalue weighted by atomic mass is 35.5. The van der Waals surface area contributed by atoms with Gasteiger partial charge < -0.3 is 14.8 Å². The Labute approximate surface area is 252 Å². The maximum Gasteiger partial charge on any atom is 0.352 e. The number of halogens is 1. The second-order valence-electron chi connectivity index (χ2n) is 10.1. The van der Waals surface area contributed by atoms with Gasteiger partial charge in [0.2, 0.25) is 6.10 Å². The highest BCUT2D eigenvalue weighted by molar-refractivity contribution is 7.08. The molecule has 214 valence electrons. The molecule has 2 unspecified atom stereocenters. The van der Waals surface area contributed by atoms with Gasteiger partial charge in [-0.25, -0.2) is 9.48 Å². The molecule has 0 saturated heterocycles. The average molecular weight is 601 g/mol. The molecular weight excluding hydrogens is 572 g/mol. The van der Waals surface area contributed by atoms with E-state index in [2.05, 4.69) is 27.8 Å². The van der Waals surface area contributed by atoms with E-state index in [-0.39, 0.29) is 18.6 Å². The van der Waals surface area contributed by atoms with E-state index < -0.39 is 12.1 Å². The van der Waals surface area contributed by atoms with Gasteiger partial charge in [0.25, 0.3) is 5.91 Å². The van der Waals surface area contributed by atoms with Crippen molar-refractivity contribution in [3.8, 4) is 11.4 Å². The number of carbonyl (C=O) groups excluding carboxylic acids is 2. The van der Waals surface area contributed by atoms with Crippen LogP contribution in [0.25, 0.3) is 16.7 Å². The second-order valence-corrected chi connectivity index (χ2v) is 11.3. The number of rotatable bonds is 8. The fourth-order valence-electron chi connectivity index (χ4n) is 5.44. The van der Waals surface area contributed by atoms with E-state index in [0.29, 0.717) is 38.6 Å². The molecule has 3 aromatic carbocycles. The van der Waals surface area contributed by atoms with Crippen LogP contribution in [-0.4, -0.2) is 33.5 Å². The molecule has 1 aliphatic carbocycles. The number of fused-ring (bicyclic) bond motifs is 2. The third-order valence-corrected chi connectivity index (χ3v) is 8.56. The van der Waals surface area contributed by atoms with Crippen LogP contribution in [0.4, 0.5) is 0 Å². The van der Waals surface area contributed by atoms with E-state index in [1.54, 1.807) is 35.9 Å². The van der Waals surface area contributed by atoms with Gasteiger partial charge in [0.05, 0.1) is 28.9 Å². The number of thiophene rings is 1. The van der Waals surface area contributed by atoms with Crippen molar-refractivity contribution in [1.82, 2.24) is 20.3 Å². The van der Waals surface area contributed by atoms with E-state index >= 15 is 0 Å². The quantitative estimate of drug-likeness (QED) is 0.194. The Hall–Kier alpha value is -4.21. The first-order valence-electron chi connectivity index (χ1n) is 13.8. The van der Waals surface area contributed by atoms with Crippen molar-refractivity contribution >= 4 is 45.8 Å². The number of nitrogens with one attached hydrogen (secondary N) is 1. The number of ether oxygens (including phenoxy) is 2. The molecule has 1 N–H and O–H groups in total. The Balaban J connectivity index is 1.28. The van der Waals surface area contributed by atoms with Gasteiger partial charge in [0.15, 0.2) is 0 Å². The van der Waals surface area contributed by atoms with Crippen LogP contribution in [0.1, 0.15) is 64.5 Å². The maximum absolute atomic E-state index is 13.4. The summed E-state index contributed by atoms with van der Waals surface area (Å²) in [6.07, 6.45) is 2.05. The summed E-state index contributed by atoms with van der Waals surface area (Å²) >= 11 is 8.08. The van der Waals surface area contributed by atoms with Crippen LogP contribution >= 0.6 is 22.9 Å². The minimum atomic E-state index is -0.919. The minimum absolute atomic E-state index is 0.0257. The number of aryl methyl sites for hydroxylation is 2. The fraction of sp³-hybridized carbons (Fsp3) is 0.250. The number of hydrogen-bond acceptors (Lipinski definition) is 7. The molecule has 2 heterocycles. The Morgan fingerprint density at radius 1 is 1.17 bits per heavy atom. The first-order valence-corrected chi connectivity index (χ1v) is 15.2. The summed E-state index contributed by atoms with van der Waals surface area (Å²) in [6.45, 7) is 3.87. The Morgan fingerprint density at radius 2 is 2.02 bits per heavy atom. The van der Waals surface area contributed by atoms with Crippen molar-refractivity contribution in [3.05, 3.63) is 104 Å². The summed E-state index contributed by atoms with van der Waals surface area (Å²) in [5.74, 6) is -0.197. The van der Waals surface area contributed by atoms with Gasteiger partial charge in [0, 0.05) is 17.2 Å². The van der Waals surface area contributed by atoms with Crippen molar-refractivity contribution in [3.63, 3.8) is 0 Å². The zero-order chi connectivity index (χ0) is 29.2. The van der Waals surface area contributed by atoms with E-state index in [1.807, 2.05) is 41.9 Å². The zero-order valence-corrected chi connectivity index (χ0v) is 24.7. The van der Waals surface area contributed by atoms with Gasteiger partial charge in [0.1, 0.15) is 11.3 Å². The molecular formula is C32H29ClN4O4S. The molecule has 0 radical (unpaired) electrons. The topological polar surface area (TPSA) is 95.3 Å². The summed E-state index contributed by atoms with van der Waals surface area (Å²) in [7, 11) is 0. The van der Waals surface area contributed by atoms with Crippen molar-refractivity contribution in [2.75, 3.05) is 6.61 Å². The lowest BCUT2D eigenvalue weighted by Crippen LogP contribution is -2.31. The Bertz CT molecular complexity index is 1770. The molecule has 5 aromatic rings. The maximum atomic E-state index is 13.4. The molecule has 10 heteroatoms. The third kappa shape index (κ3) is 5.37. The van der Waals surface area contributed by atoms with Crippen LogP contribution in [0.3, 0.4) is 0 Å². The van der Waals surface area contributed by atoms with Gasteiger partial charge in [-0.3, -0.25) is 4.79 Å². The summed E-state index contributed by atoms with van der Waals surface area (Å²) in [5.41, 5.74) is 6.26. The van der Waals surface area contributed by atoms with Crippen LogP contribution < -0.4 is 10.1 Å². The summed E-state index contributed by atoms with van der Waals surface area (Å²) in [6, 6.07) is 18.8. The monoisotopic (exact) mass is 600 g/mol. The number of amides is 1. The van der Waals surface area contributed by atoms with E-state index in [4.69, 9.17) is 21.1 Å². The number of nitrogens with zero attached hydrogens (tertiary/aromatic N) is 3. The fourth-order valence-corrected chi connectivity index (χ4v) is 6.31. The number of hydrogen-bond donors (Lipinski definition) is 1. The standard InChI is InChI=1S/C32H29ClN4O4S/c1-3-40-32(39)30(21-15-16-42-18-21)41-22-11-13-25(33)28(17-22)37-27-14-12-23(19(2)29(27)35-36-37)31(38)34-26-10-6-8-20-7-4-5-9-24(20)26/h4-5,7,9,11-18,26,30H,3,6,8,10H2,1-2H3,(H,34,38). The summed E-state index contributed by atoms with van der Waals surface area (Å²) in [4.78, 5) is 26.1. The van der Waals surface area contributed by atoms with Crippen LogP contribution in [0.5, 0.6) is 5.75 Å². The Morgan fingerprint density at radius 3 is 2.83 bits per heavy atom. The third-order valence-electron chi connectivity index (χ3n) is 7.54. The first kappa shape index (κ1) is 27.9. The van der Waals surface area contributed by atoms with Gasteiger partial charge in [-0.15, -0.1) is 5.10 Å². The molecule has 0 saturated carbocycles. The second kappa shape index (κ2) is 12.0. The molecule has 0 bridgehead atoms. The highest BCUT2D eigenvalue weighted by Crippen LogP contribution is 2.33. The predicted octanol–water partition coefficient (Wildman–Crippen LogP) is 6.93. The van der Waals surface area contributed by atoms with Gasteiger partial charge in [-0.1, -0.05) is 41.1 Å². The number of esters is 1. The van der Waals surface area contributed by atoms with Crippen LogP contribution in [-0.2, 0) is 16.0 Å². The van der Waals surface area contributed by atoms with E-state index in [0.717, 1.165) is 24.8 Å². The summed E-state index contributed by atoms with van der Waals surface area (Å²) < 4.78 is 13.0. The largest absolute Gasteiger partial charge is 0.474 e. The van der Waals surface area contributed by atoms with Crippen molar-refractivity contribution in [1.29, 1.82) is 0 Å². The normalized spacial score (nSPS) is 15.2. The van der Waals surface area contributed by atoms with Crippen LogP contribution in [0.15, 0.2) is 71.4 Å². The molecule has 1 aliphatic rings. The average Bonchev–Trinajstić information content (AvgIpc) is 3.68. The van der Waals surface area contributed by atoms with E-state index in [9.17, 15) is 9.59 Å². The SMILES string of the molecule is CCOC(=O)C(Oc1ccc(Cl)c(-n2nnc3c(C)c(C(=O)NC4CCCc5ccccc54)ccc32)c1)c1ccsc1. The highest BCUT2D eigenvalue weighted by Gasteiger charge is 2.26. The molecule has 6 rings (SSSR count). The molecule has 0 aliphatic heterocycles. The molecule has 42 heavy (non-hydrogen) atoms. The van der Waals surface area contributed by atoms with Crippen LogP contribution in [0.2, 0.25) is 5.02 Å². The van der Waals surface area contributed by atoms with Gasteiger partial charge >= 0.3 is 5.97 Å². The van der Waals surface area contributed by atoms with Crippen molar-refractivity contribution in [2.45, 2.75) is 45.3 Å². The van der Waals surface area contributed by atoms with Crippen molar-refractivity contribution in [2.24, 2.45) is 0 Å². The zero-order valence-electron chi connectivity index (χ0n) is 23.2. The minimum Gasteiger partial charge on any atom is -0.474 e. The lowest BCUT2D eigenvalue weighted by molar-refractivity contribution is -0.151.